The molecule has 0 aliphatic heterocycles. The summed E-state index contributed by atoms with van der Waals surface area (Å²) < 4.78 is 14.9. The molecule has 0 N–H and O–H groups in total. The van der Waals surface area contributed by atoms with Crippen LogP contribution in [-0.4, -0.2) is 26.3 Å². The lowest BCUT2D eigenvalue weighted by atomic mass is 10.2. The summed E-state index contributed by atoms with van der Waals surface area (Å²) >= 11 is 0. The Morgan fingerprint density at radius 2 is 1.94 bits per heavy atom. The molecule has 0 spiro atoms. The van der Waals surface area contributed by atoms with Gasteiger partial charge in [-0.25, -0.2) is 4.79 Å². The van der Waals surface area contributed by atoms with E-state index >= 15 is 0 Å². The molecule has 1 unspecified atom stereocenters. The monoisotopic (exact) mass is 235 g/mol. The van der Waals surface area contributed by atoms with E-state index in [9.17, 15) is 4.79 Å². The normalized spacial score (nSPS) is 11.2. The second-order valence-corrected chi connectivity index (χ2v) is 3.29. The third-order valence-corrected chi connectivity index (χ3v) is 2.09. The van der Waals surface area contributed by atoms with Crippen LogP contribution in [-0.2, 0) is 9.53 Å². The molecule has 90 valence electrons. The molecule has 5 nitrogen and oxygen atoms in total. The average molecular weight is 235 g/mol. The number of esters is 1. The summed E-state index contributed by atoms with van der Waals surface area (Å²) in [6, 6.07) is 6.69. The van der Waals surface area contributed by atoms with Gasteiger partial charge in [-0.3, -0.25) is 0 Å². The Morgan fingerprint density at radius 1 is 1.29 bits per heavy atom. The van der Waals surface area contributed by atoms with Crippen molar-refractivity contribution in [2.75, 3.05) is 14.2 Å². The van der Waals surface area contributed by atoms with Crippen molar-refractivity contribution in [3.63, 3.8) is 0 Å². The Balaban J connectivity index is 2.91. The first kappa shape index (κ1) is 12.8. The zero-order valence-corrected chi connectivity index (χ0v) is 9.89. The van der Waals surface area contributed by atoms with Gasteiger partial charge in [-0.15, -0.1) is 0 Å². The fourth-order valence-electron chi connectivity index (χ4n) is 1.24. The minimum absolute atomic E-state index is 0.388. The SMILES string of the molecule is COC(=O)C(C)Oc1cc(C#N)cc(OC)c1. The standard InChI is InChI=1S/C12H13NO4/c1-8(12(14)16-3)17-11-5-9(7-13)4-10(6-11)15-2/h4-6,8H,1-3H3. The number of carbonyl (C=O) groups is 1. The van der Waals surface area contributed by atoms with Gasteiger partial charge in [-0.1, -0.05) is 0 Å². The van der Waals surface area contributed by atoms with E-state index in [4.69, 9.17) is 14.7 Å². The molecule has 1 rings (SSSR count). The minimum Gasteiger partial charge on any atom is -0.497 e. The fraction of sp³-hybridized carbons (Fsp3) is 0.333. The van der Waals surface area contributed by atoms with Crippen LogP contribution in [0.3, 0.4) is 0 Å². The van der Waals surface area contributed by atoms with Crippen molar-refractivity contribution in [3.8, 4) is 17.6 Å². The predicted molar refractivity (Wildman–Crippen MR) is 59.8 cm³/mol. The highest BCUT2D eigenvalue weighted by Gasteiger charge is 2.15. The zero-order valence-electron chi connectivity index (χ0n) is 9.89. The van der Waals surface area contributed by atoms with E-state index in [-0.39, 0.29) is 0 Å². The number of ether oxygens (including phenoxy) is 3. The van der Waals surface area contributed by atoms with Crippen LogP contribution in [0, 0.1) is 11.3 Å². The van der Waals surface area contributed by atoms with Crippen molar-refractivity contribution in [1.29, 1.82) is 5.26 Å². The lowest BCUT2D eigenvalue weighted by molar-refractivity contribution is -0.147. The van der Waals surface area contributed by atoms with Gasteiger partial charge in [-0.2, -0.15) is 5.26 Å². The van der Waals surface area contributed by atoms with Crippen molar-refractivity contribution in [2.45, 2.75) is 13.0 Å². The topological polar surface area (TPSA) is 68.5 Å². The van der Waals surface area contributed by atoms with Gasteiger partial charge in [0.05, 0.1) is 25.9 Å². The molecule has 0 aromatic heterocycles. The van der Waals surface area contributed by atoms with Gasteiger partial charge in [0.15, 0.2) is 6.10 Å². The van der Waals surface area contributed by atoms with Crippen molar-refractivity contribution in [1.82, 2.24) is 0 Å². The Bertz CT molecular complexity index is 450. The van der Waals surface area contributed by atoms with Crippen LogP contribution in [0.25, 0.3) is 0 Å². The highest BCUT2D eigenvalue weighted by molar-refractivity contribution is 5.74. The van der Waals surface area contributed by atoms with Gasteiger partial charge in [0.1, 0.15) is 11.5 Å². The van der Waals surface area contributed by atoms with Gasteiger partial charge in [0.2, 0.25) is 0 Å². The number of rotatable bonds is 4. The summed E-state index contributed by atoms with van der Waals surface area (Å²) in [6.45, 7) is 1.57. The summed E-state index contributed by atoms with van der Waals surface area (Å²) in [5.41, 5.74) is 0.399. The van der Waals surface area contributed by atoms with Crippen LogP contribution in [0.4, 0.5) is 0 Å². The van der Waals surface area contributed by atoms with Crippen LogP contribution in [0.1, 0.15) is 12.5 Å². The fourth-order valence-corrected chi connectivity index (χ4v) is 1.24. The Hall–Kier alpha value is -2.22. The van der Waals surface area contributed by atoms with Crippen molar-refractivity contribution >= 4 is 5.97 Å². The summed E-state index contributed by atoms with van der Waals surface area (Å²) in [4.78, 5) is 11.2. The average Bonchev–Trinajstić information content (AvgIpc) is 2.36. The number of carbonyl (C=O) groups excluding carboxylic acids is 1. The van der Waals surface area contributed by atoms with Crippen LogP contribution in [0.15, 0.2) is 18.2 Å². The van der Waals surface area contributed by atoms with Crippen LogP contribution in [0.5, 0.6) is 11.5 Å². The van der Waals surface area contributed by atoms with Crippen LogP contribution < -0.4 is 9.47 Å². The molecular weight excluding hydrogens is 222 g/mol. The van der Waals surface area contributed by atoms with E-state index in [1.165, 1.54) is 20.3 Å². The van der Waals surface area contributed by atoms with Gasteiger partial charge in [-0.05, 0) is 19.1 Å². The van der Waals surface area contributed by atoms with Gasteiger partial charge >= 0.3 is 5.97 Å². The smallest absolute Gasteiger partial charge is 0.346 e. The van der Waals surface area contributed by atoms with Crippen molar-refractivity contribution in [3.05, 3.63) is 23.8 Å². The molecule has 0 saturated heterocycles. The van der Waals surface area contributed by atoms with Crippen LogP contribution in [0.2, 0.25) is 0 Å². The molecule has 0 aliphatic rings. The van der Waals surface area contributed by atoms with Crippen LogP contribution >= 0.6 is 0 Å². The van der Waals surface area contributed by atoms with Crippen molar-refractivity contribution in [2.24, 2.45) is 0 Å². The molecule has 0 saturated carbocycles. The first-order chi connectivity index (χ1) is 8.10. The Labute approximate surface area is 99.5 Å². The molecule has 1 aromatic carbocycles. The second kappa shape index (κ2) is 5.75. The lowest BCUT2D eigenvalue weighted by Crippen LogP contribution is -2.24. The highest BCUT2D eigenvalue weighted by atomic mass is 16.6. The molecule has 0 amide bonds. The number of benzene rings is 1. The van der Waals surface area contributed by atoms with E-state index in [1.54, 1.807) is 19.1 Å². The largest absolute Gasteiger partial charge is 0.497 e. The third-order valence-electron chi connectivity index (χ3n) is 2.09. The third kappa shape index (κ3) is 3.38. The Kier molecular flexibility index (Phi) is 4.35. The molecule has 0 bridgehead atoms. The highest BCUT2D eigenvalue weighted by Crippen LogP contribution is 2.23. The first-order valence-electron chi connectivity index (χ1n) is 4.94. The molecule has 0 radical (unpaired) electrons. The molecule has 1 aromatic rings. The minimum atomic E-state index is -0.737. The summed E-state index contributed by atoms with van der Waals surface area (Å²) in [5, 5.41) is 8.82. The zero-order chi connectivity index (χ0) is 12.8. The summed E-state index contributed by atoms with van der Waals surface area (Å²) in [7, 11) is 2.78. The van der Waals surface area contributed by atoms with Gasteiger partial charge < -0.3 is 14.2 Å². The summed E-state index contributed by atoms with van der Waals surface area (Å²) in [5.74, 6) is 0.404. The molecule has 0 heterocycles. The van der Waals surface area contributed by atoms with E-state index < -0.39 is 12.1 Å². The van der Waals surface area contributed by atoms with E-state index in [0.717, 1.165) is 0 Å². The number of hydrogen-bond donors (Lipinski definition) is 0. The molecule has 17 heavy (non-hydrogen) atoms. The molecule has 0 fully saturated rings. The second-order valence-electron chi connectivity index (χ2n) is 3.29. The molecule has 0 aliphatic carbocycles. The first-order valence-corrected chi connectivity index (χ1v) is 4.94. The number of hydrogen-bond acceptors (Lipinski definition) is 5. The molecular formula is C12H13NO4. The number of methoxy groups -OCH3 is 2. The predicted octanol–water partition coefficient (Wildman–Crippen LogP) is 1.51. The molecule has 5 heteroatoms. The quantitative estimate of drug-likeness (QED) is 0.740. The summed E-state index contributed by atoms with van der Waals surface area (Å²) in [6.07, 6.45) is -0.737. The Morgan fingerprint density at radius 3 is 2.47 bits per heavy atom. The van der Waals surface area contributed by atoms with Crippen molar-refractivity contribution < 1.29 is 19.0 Å². The van der Waals surface area contributed by atoms with E-state index in [0.29, 0.717) is 17.1 Å². The molecule has 1 atom stereocenters. The lowest BCUT2D eigenvalue weighted by Gasteiger charge is -2.13. The number of nitrogens with zero attached hydrogens (tertiary/aromatic N) is 1. The maximum atomic E-state index is 11.2. The maximum absolute atomic E-state index is 11.2. The van der Waals surface area contributed by atoms with E-state index in [1.807, 2.05) is 6.07 Å². The van der Waals surface area contributed by atoms with Gasteiger partial charge in [0, 0.05) is 6.07 Å². The maximum Gasteiger partial charge on any atom is 0.346 e. The number of nitriles is 1. The van der Waals surface area contributed by atoms with E-state index in [2.05, 4.69) is 4.74 Å². The van der Waals surface area contributed by atoms with Gasteiger partial charge in [0.25, 0.3) is 0 Å².